The summed E-state index contributed by atoms with van der Waals surface area (Å²) in [5.74, 6) is -0.580. The Morgan fingerprint density at radius 2 is 1.17 bits per heavy atom. The molecule has 6 N–H and O–H groups in total. The van der Waals surface area contributed by atoms with Gasteiger partial charge in [0.2, 0.25) is 0 Å². The highest BCUT2D eigenvalue weighted by molar-refractivity contribution is 7.47. The maximum atomic E-state index is 12.6. The van der Waals surface area contributed by atoms with Crippen LogP contribution in [0.1, 0.15) is 149 Å². The van der Waals surface area contributed by atoms with E-state index in [1.54, 1.807) is 42.5 Å². The largest absolute Gasteiger partial charge is 0.472 e. The normalized spacial score (nSPS) is 15.8. The van der Waals surface area contributed by atoms with Gasteiger partial charge in [0.15, 0.2) is 0 Å². The number of rotatable bonds is 38. The molecule has 0 aliphatic carbocycles. The lowest BCUT2D eigenvalue weighted by Crippen LogP contribution is -2.29. The summed E-state index contributed by atoms with van der Waals surface area (Å²) in [5.41, 5.74) is 5.34. The summed E-state index contributed by atoms with van der Waals surface area (Å²) >= 11 is 0. The molecule has 0 heterocycles. The summed E-state index contributed by atoms with van der Waals surface area (Å²) in [4.78, 5) is 22.5. The predicted molar refractivity (Wildman–Crippen MR) is 214 cm³/mol. The number of phosphoric ester groups is 1. The molecule has 0 saturated heterocycles. The Labute approximate surface area is 321 Å². The molecule has 0 aromatic rings. The van der Waals surface area contributed by atoms with Gasteiger partial charge < -0.3 is 35.4 Å². The first-order valence-corrected chi connectivity index (χ1v) is 22.0. The molecule has 0 aliphatic rings. The lowest BCUT2D eigenvalue weighted by atomic mass is 10.0. The number of nitrogens with two attached hydrogens (primary N) is 1. The molecule has 0 saturated carbocycles. The molecule has 0 aromatic heterocycles. The molecule has 0 spiro atoms. The van der Waals surface area contributed by atoms with Crippen molar-refractivity contribution >= 4 is 13.8 Å². The van der Waals surface area contributed by atoms with E-state index in [0.29, 0.717) is 6.61 Å². The van der Waals surface area contributed by atoms with Crippen molar-refractivity contribution < 1.29 is 48.1 Å². The lowest BCUT2D eigenvalue weighted by molar-refractivity contribution is -0.154. The van der Waals surface area contributed by atoms with Crippen LogP contribution in [0, 0.1) is 0 Å². The molecule has 5 unspecified atom stereocenters. The fraction of sp³-hybridized carbons (Fsp3) is 0.780. The number of esters is 1. The zero-order chi connectivity index (χ0) is 39.3. The van der Waals surface area contributed by atoms with Crippen LogP contribution in [0.3, 0.4) is 0 Å². The highest BCUT2D eigenvalue weighted by atomic mass is 31.2. The minimum atomic E-state index is -4.37. The fourth-order valence-electron chi connectivity index (χ4n) is 5.44. The Hall–Kier alpha value is -1.66. The molecule has 0 radical (unpaired) electrons. The minimum absolute atomic E-state index is 0.00674. The number of unbranched alkanes of at least 4 members (excludes halogenated alkanes) is 15. The predicted octanol–water partition coefficient (Wildman–Crippen LogP) is 8.55. The first kappa shape index (κ1) is 51.3. The second kappa shape index (κ2) is 37.3. The van der Waals surface area contributed by atoms with Crippen LogP contribution in [0.25, 0.3) is 0 Å². The summed E-state index contributed by atoms with van der Waals surface area (Å²) in [5, 5.41) is 30.4. The maximum absolute atomic E-state index is 12.6. The lowest BCUT2D eigenvalue weighted by Gasteiger charge is -2.20. The number of carbonyl (C=O) groups excluding carboxylic acids is 1. The third-order valence-corrected chi connectivity index (χ3v) is 9.60. The molecule has 0 aliphatic heterocycles. The quantitative estimate of drug-likeness (QED) is 0.0176. The van der Waals surface area contributed by atoms with Crippen LogP contribution in [-0.4, -0.2) is 83.6 Å². The number of hydrogen-bond acceptors (Lipinski definition) is 10. The number of carbonyl (C=O) groups is 1. The van der Waals surface area contributed by atoms with E-state index < -0.39 is 44.8 Å². The average Bonchev–Trinajstić information content (AvgIpc) is 3.13. The Morgan fingerprint density at radius 1 is 0.642 bits per heavy atom. The second-order valence-corrected chi connectivity index (χ2v) is 15.2. The molecule has 0 bridgehead atoms. The third kappa shape index (κ3) is 35.8. The molecule has 53 heavy (non-hydrogen) atoms. The van der Waals surface area contributed by atoms with Crippen molar-refractivity contribution in [2.45, 2.75) is 173 Å². The van der Waals surface area contributed by atoms with Crippen LogP contribution in [0.4, 0.5) is 0 Å². The molecule has 0 rings (SSSR count). The topological polar surface area (TPSA) is 178 Å². The number of aliphatic hydroxyl groups excluding tert-OH is 3. The molecule has 12 heteroatoms. The maximum Gasteiger partial charge on any atom is 0.472 e. The summed E-state index contributed by atoms with van der Waals surface area (Å²) in [6.07, 6.45) is 32.1. The Morgan fingerprint density at radius 3 is 1.75 bits per heavy atom. The average molecular weight is 774 g/mol. The minimum Gasteiger partial charge on any atom is -0.457 e. The molecule has 0 aromatic carbocycles. The summed E-state index contributed by atoms with van der Waals surface area (Å²) < 4.78 is 33.1. The monoisotopic (exact) mass is 774 g/mol. The molecule has 5 atom stereocenters. The van der Waals surface area contributed by atoms with E-state index in [0.717, 1.165) is 44.9 Å². The van der Waals surface area contributed by atoms with Crippen molar-refractivity contribution in [2.75, 3.05) is 33.0 Å². The molecular weight excluding hydrogens is 697 g/mol. The van der Waals surface area contributed by atoms with E-state index >= 15 is 0 Å². The van der Waals surface area contributed by atoms with Crippen LogP contribution in [0.2, 0.25) is 0 Å². The van der Waals surface area contributed by atoms with Gasteiger partial charge >= 0.3 is 13.8 Å². The fourth-order valence-corrected chi connectivity index (χ4v) is 6.20. The van der Waals surface area contributed by atoms with Crippen molar-refractivity contribution in [3.8, 4) is 0 Å². The molecule has 0 fully saturated rings. The van der Waals surface area contributed by atoms with E-state index in [9.17, 15) is 29.6 Å². The Kier molecular flexibility index (Phi) is 36.1. The summed E-state index contributed by atoms with van der Waals surface area (Å²) in [6.45, 7) is 4.33. The van der Waals surface area contributed by atoms with Crippen molar-refractivity contribution in [3.63, 3.8) is 0 Å². The van der Waals surface area contributed by atoms with Gasteiger partial charge in [0, 0.05) is 19.6 Å². The Bertz CT molecular complexity index is 1010. The summed E-state index contributed by atoms with van der Waals surface area (Å²) in [6, 6.07) is 0. The number of phosphoric acid groups is 1. The van der Waals surface area contributed by atoms with Crippen LogP contribution < -0.4 is 5.73 Å². The van der Waals surface area contributed by atoms with Crippen molar-refractivity contribution in [1.82, 2.24) is 0 Å². The first-order valence-electron chi connectivity index (χ1n) is 20.5. The highest BCUT2D eigenvalue weighted by Gasteiger charge is 2.25. The number of hydrogen-bond donors (Lipinski definition) is 5. The molecular formula is C41H76NO10P. The zero-order valence-electron chi connectivity index (χ0n) is 33.1. The summed E-state index contributed by atoms with van der Waals surface area (Å²) in [7, 11) is -4.37. The third-order valence-electron chi connectivity index (χ3n) is 8.62. The SMILES string of the molecule is CCCCCCCCCCCCCCCCOCC(COP(=O)(O)OCCN)OC(=O)CCCC(O)C(O)\C=C/C=C\C=C\C=C/C(O)CCCCC. The van der Waals surface area contributed by atoms with Gasteiger partial charge in [0.1, 0.15) is 6.10 Å². The van der Waals surface area contributed by atoms with Gasteiger partial charge in [-0.15, -0.1) is 0 Å². The molecule has 11 nitrogen and oxygen atoms in total. The number of allylic oxidation sites excluding steroid dienone is 6. The zero-order valence-corrected chi connectivity index (χ0v) is 34.0. The first-order chi connectivity index (χ1) is 25.6. The number of aliphatic hydroxyl groups is 3. The van der Waals surface area contributed by atoms with E-state index in [2.05, 4.69) is 13.8 Å². The van der Waals surface area contributed by atoms with Crippen LogP contribution in [-0.2, 0) is 27.9 Å². The smallest absolute Gasteiger partial charge is 0.457 e. The van der Waals surface area contributed by atoms with Crippen molar-refractivity contribution in [2.24, 2.45) is 5.73 Å². The number of ether oxygens (including phenoxy) is 2. The van der Waals surface area contributed by atoms with Gasteiger partial charge in [-0.25, -0.2) is 4.57 Å². The van der Waals surface area contributed by atoms with Gasteiger partial charge in [0.25, 0.3) is 0 Å². The standard InChI is InChI=1S/C41H76NO10P/c1-3-5-7-8-9-10-11-12-13-14-15-18-21-25-33-49-35-38(36-51-53(47,48)50-34-32-42)52-41(46)31-26-30-40(45)39(44)29-24-20-17-16-19-23-28-37(43)27-22-6-4-2/h16-17,19-20,23-24,28-29,37-40,43-45H,3-15,18,21-22,25-27,30-36,42H2,1-2H3,(H,47,48)/b19-16+,20-17-,28-23-,29-24-. The van der Waals surface area contributed by atoms with Gasteiger partial charge in [-0.05, 0) is 25.7 Å². The van der Waals surface area contributed by atoms with Crippen LogP contribution >= 0.6 is 7.82 Å². The van der Waals surface area contributed by atoms with Crippen LogP contribution in [0.15, 0.2) is 48.6 Å². The van der Waals surface area contributed by atoms with Crippen molar-refractivity contribution in [1.29, 1.82) is 0 Å². The van der Waals surface area contributed by atoms with Gasteiger partial charge in [-0.1, -0.05) is 165 Å². The van der Waals surface area contributed by atoms with E-state index in [-0.39, 0.29) is 39.0 Å². The Balaban J connectivity index is 4.43. The molecule has 0 amide bonds. The van der Waals surface area contributed by atoms with Gasteiger partial charge in [-0.2, -0.15) is 0 Å². The highest BCUT2D eigenvalue weighted by Crippen LogP contribution is 2.43. The molecule has 310 valence electrons. The van der Waals surface area contributed by atoms with E-state index in [1.807, 2.05) is 0 Å². The van der Waals surface area contributed by atoms with Crippen LogP contribution in [0.5, 0.6) is 0 Å². The van der Waals surface area contributed by atoms with Crippen molar-refractivity contribution in [3.05, 3.63) is 48.6 Å². The second-order valence-electron chi connectivity index (χ2n) is 13.7. The van der Waals surface area contributed by atoms with E-state index in [1.165, 1.54) is 76.7 Å². The van der Waals surface area contributed by atoms with Gasteiger partial charge in [0.05, 0.1) is 38.1 Å². The van der Waals surface area contributed by atoms with Gasteiger partial charge in [-0.3, -0.25) is 13.8 Å². The van der Waals surface area contributed by atoms with E-state index in [4.69, 9.17) is 24.3 Å².